The first kappa shape index (κ1) is 13.1. The van der Waals surface area contributed by atoms with E-state index in [1.165, 1.54) is 4.90 Å². The Morgan fingerprint density at radius 1 is 1.42 bits per heavy atom. The lowest BCUT2D eigenvalue weighted by Crippen LogP contribution is -2.40. The van der Waals surface area contributed by atoms with Crippen molar-refractivity contribution in [1.29, 1.82) is 0 Å². The second kappa shape index (κ2) is 5.09. The van der Waals surface area contributed by atoms with Crippen LogP contribution in [-0.2, 0) is 4.79 Å². The normalized spacial score (nSPS) is 18.5. The van der Waals surface area contributed by atoms with E-state index < -0.39 is 29.2 Å². The van der Waals surface area contributed by atoms with Gasteiger partial charge in [-0.2, -0.15) is 0 Å². The number of aromatic amines is 2. The van der Waals surface area contributed by atoms with Gasteiger partial charge in [-0.15, -0.1) is 0 Å². The third-order valence-corrected chi connectivity index (χ3v) is 3.10. The summed E-state index contributed by atoms with van der Waals surface area (Å²) in [6, 6.07) is -0.406. The van der Waals surface area contributed by atoms with E-state index in [9.17, 15) is 19.2 Å². The molecule has 0 aromatic carbocycles. The number of nitrogens with zero attached hydrogens (tertiary/aromatic N) is 1. The molecule has 1 amide bonds. The number of carbonyl (C=O) groups excluding carboxylic acids is 1. The molecule has 2 heterocycles. The number of hydrogen-bond acceptors (Lipinski definition) is 4. The number of rotatable bonds is 3. The maximum absolute atomic E-state index is 12.2. The van der Waals surface area contributed by atoms with Gasteiger partial charge in [0.05, 0.1) is 6.42 Å². The number of amides is 1. The minimum Gasteiger partial charge on any atom is -0.481 e. The summed E-state index contributed by atoms with van der Waals surface area (Å²) in [6.45, 7) is 0.412. The Morgan fingerprint density at radius 3 is 2.79 bits per heavy atom. The van der Waals surface area contributed by atoms with E-state index in [-0.39, 0.29) is 12.0 Å². The number of hydrogen-bond donors (Lipinski definition) is 3. The molecule has 1 fully saturated rings. The standard InChI is InChI=1S/C11H13N3O5/c15-8(16)4-6-2-1-3-14(6)10(18)7-5-12-11(19)13-9(7)17/h5-6H,1-4H2,(H,15,16)(H2,12,13,17,19). The summed E-state index contributed by atoms with van der Waals surface area (Å²) in [5, 5.41) is 8.78. The van der Waals surface area contributed by atoms with Crippen LogP contribution in [0.5, 0.6) is 0 Å². The first-order valence-electron chi connectivity index (χ1n) is 5.84. The predicted molar refractivity (Wildman–Crippen MR) is 64.0 cm³/mol. The zero-order chi connectivity index (χ0) is 14.0. The van der Waals surface area contributed by atoms with E-state index in [0.717, 1.165) is 6.20 Å². The van der Waals surface area contributed by atoms with E-state index in [4.69, 9.17) is 5.11 Å². The fourth-order valence-corrected chi connectivity index (χ4v) is 2.24. The lowest BCUT2D eigenvalue weighted by molar-refractivity contribution is -0.137. The Kier molecular flexibility index (Phi) is 3.50. The fraction of sp³-hybridized carbons (Fsp3) is 0.455. The molecule has 1 aliphatic heterocycles. The van der Waals surface area contributed by atoms with E-state index in [0.29, 0.717) is 19.4 Å². The number of nitrogens with one attached hydrogen (secondary N) is 2. The van der Waals surface area contributed by atoms with Crippen LogP contribution in [-0.4, -0.2) is 44.4 Å². The average Bonchev–Trinajstić information content (AvgIpc) is 2.75. The molecule has 0 radical (unpaired) electrons. The second-order valence-electron chi connectivity index (χ2n) is 4.38. The van der Waals surface area contributed by atoms with Crippen molar-refractivity contribution in [3.05, 3.63) is 32.6 Å². The zero-order valence-electron chi connectivity index (χ0n) is 10.0. The quantitative estimate of drug-likeness (QED) is 0.657. The first-order chi connectivity index (χ1) is 8.99. The molecule has 8 nitrogen and oxygen atoms in total. The molecule has 0 saturated carbocycles. The summed E-state index contributed by atoms with van der Waals surface area (Å²) in [4.78, 5) is 50.9. The highest BCUT2D eigenvalue weighted by molar-refractivity contribution is 5.94. The molecule has 1 aromatic rings. The molecule has 0 spiro atoms. The highest BCUT2D eigenvalue weighted by Crippen LogP contribution is 2.21. The van der Waals surface area contributed by atoms with Gasteiger partial charge in [0, 0.05) is 18.8 Å². The summed E-state index contributed by atoms with van der Waals surface area (Å²) < 4.78 is 0. The highest BCUT2D eigenvalue weighted by Gasteiger charge is 2.32. The zero-order valence-corrected chi connectivity index (χ0v) is 10.0. The number of aromatic nitrogens is 2. The molecule has 19 heavy (non-hydrogen) atoms. The van der Waals surface area contributed by atoms with Gasteiger partial charge in [0.25, 0.3) is 11.5 Å². The smallest absolute Gasteiger partial charge is 0.325 e. The Balaban J connectivity index is 2.25. The molecule has 1 saturated heterocycles. The predicted octanol–water partition coefficient (Wildman–Crippen LogP) is -0.857. The average molecular weight is 267 g/mol. The number of carboxylic acids is 1. The fourth-order valence-electron chi connectivity index (χ4n) is 2.24. The molecule has 1 aromatic heterocycles. The van der Waals surface area contributed by atoms with E-state index in [2.05, 4.69) is 4.98 Å². The number of carboxylic acid groups (broad SMARTS) is 1. The maximum Gasteiger partial charge on any atom is 0.325 e. The molecule has 1 unspecified atom stereocenters. The minimum absolute atomic E-state index is 0.146. The molecule has 0 aliphatic carbocycles. The first-order valence-corrected chi connectivity index (χ1v) is 5.84. The molecular formula is C11H13N3O5. The molecule has 8 heteroatoms. The Bertz CT molecular complexity index is 617. The molecule has 3 N–H and O–H groups in total. The molecule has 102 valence electrons. The largest absolute Gasteiger partial charge is 0.481 e. The van der Waals surface area contributed by atoms with Crippen molar-refractivity contribution in [3.63, 3.8) is 0 Å². The van der Waals surface area contributed by atoms with Gasteiger partial charge < -0.3 is 15.0 Å². The number of carbonyl (C=O) groups is 2. The molecule has 0 bridgehead atoms. The van der Waals surface area contributed by atoms with Gasteiger partial charge in [-0.25, -0.2) is 4.79 Å². The van der Waals surface area contributed by atoms with Crippen molar-refractivity contribution in [3.8, 4) is 0 Å². The van der Waals surface area contributed by atoms with Crippen LogP contribution in [0, 0.1) is 0 Å². The third kappa shape index (κ3) is 2.72. The topological polar surface area (TPSA) is 123 Å². The van der Waals surface area contributed by atoms with Crippen molar-refractivity contribution >= 4 is 11.9 Å². The van der Waals surface area contributed by atoms with Crippen molar-refractivity contribution in [2.75, 3.05) is 6.54 Å². The van der Waals surface area contributed by atoms with Crippen molar-refractivity contribution < 1.29 is 14.7 Å². The van der Waals surface area contributed by atoms with Crippen LogP contribution in [0.3, 0.4) is 0 Å². The lowest BCUT2D eigenvalue weighted by Gasteiger charge is -2.22. The summed E-state index contributed by atoms with van der Waals surface area (Å²) in [5.41, 5.74) is -1.64. The number of H-pyrrole nitrogens is 2. The molecule has 2 rings (SSSR count). The van der Waals surface area contributed by atoms with E-state index in [1.54, 1.807) is 0 Å². The minimum atomic E-state index is -0.986. The van der Waals surface area contributed by atoms with Crippen molar-refractivity contribution in [2.24, 2.45) is 0 Å². The number of likely N-dealkylation sites (tertiary alicyclic amines) is 1. The molecule has 1 atom stereocenters. The summed E-state index contributed by atoms with van der Waals surface area (Å²) >= 11 is 0. The van der Waals surface area contributed by atoms with Gasteiger partial charge in [0.15, 0.2) is 0 Å². The third-order valence-electron chi connectivity index (χ3n) is 3.10. The van der Waals surface area contributed by atoms with Gasteiger partial charge in [-0.05, 0) is 12.8 Å². The van der Waals surface area contributed by atoms with Crippen LogP contribution in [0.25, 0.3) is 0 Å². The van der Waals surface area contributed by atoms with Crippen LogP contribution >= 0.6 is 0 Å². The SMILES string of the molecule is O=C(O)CC1CCCN1C(=O)c1c[nH]c(=O)[nH]c1=O. The van der Waals surface area contributed by atoms with Gasteiger partial charge in [0.2, 0.25) is 0 Å². The van der Waals surface area contributed by atoms with Gasteiger partial charge in [-0.1, -0.05) is 0 Å². The van der Waals surface area contributed by atoms with E-state index >= 15 is 0 Å². The van der Waals surface area contributed by atoms with E-state index in [1.807, 2.05) is 4.98 Å². The van der Waals surface area contributed by atoms with Gasteiger partial charge in [-0.3, -0.25) is 19.4 Å². The maximum atomic E-state index is 12.2. The Hall–Kier alpha value is -2.38. The van der Waals surface area contributed by atoms with Gasteiger partial charge >= 0.3 is 11.7 Å². The Labute approximate surface area is 107 Å². The summed E-state index contributed by atoms with van der Waals surface area (Å²) in [5.74, 6) is -1.54. The number of aliphatic carboxylic acids is 1. The van der Waals surface area contributed by atoms with Crippen LogP contribution in [0.1, 0.15) is 29.6 Å². The van der Waals surface area contributed by atoms with Crippen LogP contribution < -0.4 is 11.2 Å². The Morgan fingerprint density at radius 2 is 2.16 bits per heavy atom. The van der Waals surface area contributed by atoms with Gasteiger partial charge in [0.1, 0.15) is 5.56 Å². The molecular weight excluding hydrogens is 254 g/mol. The monoisotopic (exact) mass is 267 g/mol. The van der Waals surface area contributed by atoms with Crippen LogP contribution in [0.4, 0.5) is 0 Å². The lowest BCUT2D eigenvalue weighted by atomic mass is 10.1. The highest BCUT2D eigenvalue weighted by atomic mass is 16.4. The van der Waals surface area contributed by atoms with Crippen LogP contribution in [0.2, 0.25) is 0 Å². The summed E-state index contributed by atoms with van der Waals surface area (Å²) in [7, 11) is 0. The summed E-state index contributed by atoms with van der Waals surface area (Å²) in [6.07, 6.45) is 2.21. The van der Waals surface area contributed by atoms with Crippen LogP contribution in [0.15, 0.2) is 15.8 Å². The second-order valence-corrected chi connectivity index (χ2v) is 4.38. The molecule has 1 aliphatic rings. The van der Waals surface area contributed by atoms with Crippen molar-refractivity contribution in [2.45, 2.75) is 25.3 Å². The van der Waals surface area contributed by atoms with Crippen molar-refractivity contribution in [1.82, 2.24) is 14.9 Å².